The van der Waals surface area contributed by atoms with Gasteiger partial charge in [-0.3, -0.25) is 0 Å². The highest BCUT2D eigenvalue weighted by Gasteiger charge is 2.17. The average molecular weight is 339 g/mol. The Morgan fingerprint density at radius 3 is 2.62 bits per heavy atom. The Labute approximate surface area is 124 Å². The summed E-state index contributed by atoms with van der Waals surface area (Å²) in [6.45, 7) is -0.344. The molecule has 1 aromatic carbocycles. The van der Waals surface area contributed by atoms with Gasteiger partial charge in [0.15, 0.2) is 0 Å². The van der Waals surface area contributed by atoms with Crippen LogP contribution in [0, 0.1) is 10.1 Å². The van der Waals surface area contributed by atoms with E-state index in [0.717, 1.165) is 6.07 Å². The number of hydrogen-bond donors (Lipinski definition) is 1. The zero-order valence-electron chi connectivity index (χ0n) is 10.5. The van der Waals surface area contributed by atoms with Gasteiger partial charge in [0, 0.05) is 6.42 Å². The third-order valence-electron chi connectivity index (χ3n) is 2.19. The summed E-state index contributed by atoms with van der Waals surface area (Å²) in [5.41, 5.74) is -0.0568. The maximum absolute atomic E-state index is 11.7. The van der Waals surface area contributed by atoms with Crippen LogP contribution in [-0.2, 0) is 19.6 Å². The molecule has 0 atom stereocenters. The van der Waals surface area contributed by atoms with E-state index in [9.17, 15) is 23.3 Å². The van der Waals surface area contributed by atoms with Crippen molar-refractivity contribution in [1.82, 2.24) is 0 Å². The summed E-state index contributed by atoms with van der Waals surface area (Å²) in [4.78, 5) is 25.2. The molecule has 0 spiro atoms. The van der Waals surface area contributed by atoms with Crippen LogP contribution in [0.15, 0.2) is 23.1 Å². The largest absolute Gasteiger partial charge is 0.462 e. The molecule has 2 N–H and O–H groups in total. The molecular weight excluding hydrogens is 328 g/mol. The van der Waals surface area contributed by atoms with E-state index in [4.69, 9.17) is 21.5 Å². The molecule has 21 heavy (non-hydrogen) atoms. The van der Waals surface area contributed by atoms with Crippen LogP contribution < -0.4 is 5.14 Å². The summed E-state index contributed by atoms with van der Waals surface area (Å²) in [6.07, 6.45) is 0.113. The van der Waals surface area contributed by atoms with E-state index in [1.807, 2.05) is 0 Å². The highest BCUT2D eigenvalue weighted by molar-refractivity contribution is 7.89. The molecule has 116 valence electrons. The van der Waals surface area contributed by atoms with Crippen molar-refractivity contribution in [3.05, 3.63) is 38.9 Å². The molecule has 9 nitrogen and oxygen atoms in total. The molecule has 0 amide bonds. The lowest BCUT2D eigenvalue weighted by molar-refractivity contribution is -0.757. The number of esters is 1. The predicted molar refractivity (Wildman–Crippen MR) is 70.7 cm³/mol. The smallest absolute Gasteiger partial charge is 0.338 e. The van der Waals surface area contributed by atoms with Crippen molar-refractivity contribution < 1.29 is 27.9 Å². The summed E-state index contributed by atoms with van der Waals surface area (Å²) in [6, 6.07) is 3.47. The van der Waals surface area contributed by atoms with Gasteiger partial charge in [-0.25, -0.2) is 18.4 Å². The number of rotatable bonds is 7. The Kier molecular flexibility index (Phi) is 5.88. The second-order valence-electron chi connectivity index (χ2n) is 3.74. The SMILES string of the molecule is NS(=O)(=O)c1cc(C(=O)OCCCO[N+](=O)[O-])ccc1Cl. The van der Waals surface area contributed by atoms with Crippen molar-refractivity contribution >= 4 is 27.6 Å². The van der Waals surface area contributed by atoms with E-state index in [1.54, 1.807) is 0 Å². The van der Waals surface area contributed by atoms with Crippen LogP contribution in [0.2, 0.25) is 5.02 Å². The number of hydrogen-bond acceptors (Lipinski definition) is 7. The van der Waals surface area contributed by atoms with Crippen molar-refractivity contribution in [2.24, 2.45) is 5.14 Å². The quantitative estimate of drug-likeness (QED) is 0.334. The van der Waals surface area contributed by atoms with E-state index >= 15 is 0 Å². The number of halogens is 1. The molecule has 0 bridgehead atoms. The minimum absolute atomic E-state index is 0.0568. The first-order valence-electron chi connectivity index (χ1n) is 5.48. The van der Waals surface area contributed by atoms with Gasteiger partial charge < -0.3 is 9.57 Å². The second-order valence-corrected chi connectivity index (χ2v) is 5.67. The third-order valence-corrected chi connectivity index (χ3v) is 3.58. The molecule has 0 unspecified atom stereocenters. The van der Waals surface area contributed by atoms with Crippen LogP contribution in [0.5, 0.6) is 0 Å². The molecule has 0 aliphatic heterocycles. The van der Waals surface area contributed by atoms with Gasteiger partial charge in [0.25, 0.3) is 5.09 Å². The average Bonchev–Trinajstić information content (AvgIpc) is 2.36. The van der Waals surface area contributed by atoms with Gasteiger partial charge in [-0.2, -0.15) is 0 Å². The molecule has 11 heteroatoms. The Balaban J connectivity index is 2.65. The van der Waals surface area contributed by atoms with Crippen LogP contribution in [0.1, 0.15) is 16.8 Å². The van der Waals surface area contributed by atoms with Gasteiger partial charge >= 0.3 is 5.97 Å². The number of carbonyl (C=O) groups is 1. The number of primary sulfonamides is 1. The van der Waals surface area contributed by atoms with Crippen molar-refractivity contribution in [3.8, 4) is 0 Å². The Bertz CT molecular complexity index is 647. The van der Waals surface area contributed by atoms with Crippen molar-refractivity contribution in [1.29, 1.82) is 0 Å². The van der Waals surface area contributed by atoms with E-state index < -0.39 is 26.0 Å². The van der Waals surface area contributed by atoms with Crippen molar-refractivity contribution in [2.45, 2.75) is 11.3 Å². The molecule has 1 aromatic rings. The van der Waals surface area contributed by atoms with Crippen LogP contribution >= 0.6 is 11.6 Å². The minimum Gasteiger partial charge on any atom is -0.462 e. The summed E-state index contributed by atoms with van der Waals surface area (Å²) in [5.74, 6) is -0.808. The monoisotopic (exact) mass is 338 g/mol. The highest BCUT2D eigenvalue weighted by atomic mass is 35.5. The number of sulfonamides is 1. The first-order chi connectivity index (χ1) is 9.71. The molecule has 0 heterocycles. The van der Waals surface area contributed by atoms with Gasteiger partial charge in [-0.15, -0.1) is 10.1 Å². The number of nitrogens with zero attached hydrogens (tertiary/aromatic N) is 1. The summed E-state index contributed by atoms with van der Waals surface area (Å²) in [7, 11) is -4.06. The topological polar surface area (TPSA) is 139 Å². The van der Waals surface area contributed by atoms with Crippen LogP contribution in [0.3, 0.4) is 0 Å². The maximum Gasteiger partial charge on any atom is 0.338 e. The first-order valence-corrected chi connectivity index (χ1v) is 7.41. The lowest BCUT2D eigenvalue weighted by Crippen LogP contribution is -2.15. The van der Waals surface area contributed by atoms with E-state index in [0.29, 0.717) is 0 Å². The fourth-order valence-electron chi connectivity index (χ4n) is 1.29. The Morgan fingerprint density at radius 2 is 2.05 bits per heavy atom. The molecule has 0 radical (unpaired) electrons. The van der Waals surface area contributed by atoms with E-state index in [2.05, 4.69) is 4.84 Å². The van der Waals surface area contributed by atoms with Crippen LogP contribution in [-0.4, -0.2) is 32.7 Å². The first kappa shape index (κ1) is 17.1. The van der Waals surface area contributed by atoms with Crippen molar-refractivity contribution in [2.75, 3.05) is 13.2 Å². The molecule has 0 aliphatic rings. The number of carbonyl (C=O) groups excluding carboxylic acids is 1. The summed E-state index contributed by atoms with van der Waals surface area (Å²) >= 11 is 5.67. The molecule has 0 fully saturated rings. The van der Waals surface area contributed by atoms with Crippen molar-refractivity contribution in [3.63, 3.8) is 0 Å². The molecule has 1 rings (SSSR count). The maximum atomic E-state index is 11.7. The molecule has 0 saturated heterocycles. The number of nitrogens with two attached hydrogens (primary N) is 1. The van der Waals surface area contributed by atoms with Gasteiger partial charge in [0.2, 0.25) is 10.0 Å². The normalized spacial score (nSPS) is 11.0. The van der Waals surface area contributed by atoms with Gasteiger partial charge in [-0.05, 0) is 18.2 Å². The molecule has 0 aliphatic carbocycles. The lowest BCUT2D eigenvalue weighted by Gasteiger charge is -2.07. The van der Waals surface area contributed by atoms with Crippen LogP contribution in [0.4, 0.5) is 0 Å². The van der Waals surface area contributed by atoms with Gasteiger partial charge in [-0.1, -0.05) is 11.6 Å². The highest BCUT2D eigenvalue weighted by Crippen LogP contribution is 2.21. The van der Waals surface area contributed by atoms with Gasteiger partial charge in [0.05, 0.1) is 23.8 Å². The fourth-order valence-corrected chi connectivity index (χ4v) is 2.37. The Hall–Kier alpha value is -1.91. The standard InChI is InChI=1S/C10H11ClN2O7S/c11-8-3-2-7(6-9(8)21(12,17)18)10(14)19-4-1-5-20-13(15)16/h2-3,6H,1,4-5H2,(H2,12,17,18). The van der Waals surface area contributed by atoms with E-state index in [1.165, 1.54) is 12.1 Å². The summed E-state index contributed by atoms with van der Waals surface area (Å²) in [5, 5.41) is 13.7. The second kappa shape index (κ2) is 7.20. The van der Waals surface area contributed by atoms with Gasteiger partial charge in [0.1, 0.15) is 4.90 Å². The lowest BCUT2D eigenvalue weighted by atomic mass is 10.2. The fraction of sp³-hybridized carbons (Fsp3) is 0.300. The zero-order chi connectivity index (χ0) is 16.0. The molecule has 0 aromatic heterocycles. The minimum atomic E-state index is -4.06. The molecule has 0 saturated carbocycles. The molecular formula is C10H11ClN2O7S. The Morgan fingerprint density at radius 1 is 1.38 bits per heavy atom. The number of benzene rings is 1. The summed E-state index contributed by atoms with van der Waals surface area (Å²) < 4.78 is 27.3. The predicted octanol–water partition coefficient (Wildman–Crippen LogP) is 0.743. The number of ether oxygens (including phenoxy) is 1. The van der Waals surface area contributed by atoms with Crippen LogP contribution in [0.25, 0.3) is 0 Å². The zero-order valence-corrected chi connectivity index (χ0v) is 12.1. The van der Waals surface area contributed by atoms with E-state index in [-0.39, 0.29) is 30.2 Å². The third kappa shape index (κ3) is 5.53.